The summed E-state index contributed by atoms with van der Waals surface area (Å²) in [4.78, 5) is 0. The third kappa shape index (κ3) is 4.05. The Morgan fingerprint density at radius 1 is 1.17 bits per heavy atom. The van der Waals surface area contributed by atoms with E-state index in [9.17, 15) is 0 Å². The molecule has 0 amide bonds. The second-order valence-corrected chi connectivity index (χ2v) is 6.34. The summed E-state index contributed by atoms with van der Waals surface area (Å²) in [6.45, 7) is 3.20. The molecule has 0 radical (unpaired) electrons. The maximum atomic E-state index is 5.89. The Hall–Kier alpha value is 0.1000. The number of hydrogen-bond acceptors (Lipinski definition) is 2. The summed E-state index contributed by atoms with van der Waals surface area (Å²) in [5, 5.41) is 0.990. The molecule has 100 valence electrons. The van der Waals surface area contributed by atoms with Crippen LogP contribution in [-0.4, -0.2) is 25.2 Å². The van der Waals surface area contributed by atoms with E-state index in [0.717, 1.165) is 42.5 Å². The molecule has 1 aromatic rings. The molecule has 1 aliphatic rings. The topological polar surface area (TPSA) is 18.5 Å². The van der Waals surface area contributed by atoms with Gasteiger partial charge in [0.15, 0.2) is 0 Å². The van der Waals surface area contributed by atoms with Gasteiger partial charge in [0.2, 0.25) is 0 Å². The van der Waals surface area contributed by atoms with Gasteiger partial charge >= 0.3 is 0 Å². The van der Waals surface area contributed by atoms with Crippen molar-refractivity contribution in [3.8, 4) is 0 Å². The molecule has 0 aromatic heterocycles. The summed E-state index contributed by atoms with van der Waals surface area (Å²) >= 11 is 7.06. The van der Waals surface area contributed by atoms with Crippen molar-refractivity contribution in [2.75, 3.05) is 25.2 Å². The van der Waals surface area contributed by atoms with Crippen LogP contribution in [0.4, 0.5) is 0 Å². The number of alkyl halides is 1. The van der Waals surface area contributed by atoms with Crippen LogP contribution in [0.2, 0.25) is 0 Å². The standard InChI is InChI=1S/C14H18Br2O2/c15-10-14(5-7-17-8-6-14)11-18-9-12-1-3-13(16)4-2-12/h1-4H,5-11H2. The summed E-state index contributed by atoms with van der Waals surface area (Å²) < 4.78 is 12.4. The van der Waals surface area contributed by atoms with Gasteiger partial charge in [-0.1, -0.05) is 44.0 Å². The van der Waals surface area contributed by atoms with Gasteiger partial charge in [-0.25, -0.2) is 0 Å². The Morgan fingerprint density at radius 3 is 2.44 bits per heavy atom. The second kappa shape index (κ2) is 7.04. The van der Waals surface area contributed by atoms with Crippen molar-refractivity contribution in [1.82, 2.24) is 0 Å². The van der Waals surface area contributed by atoms with Crippen molar-refractivity contribution < 1.29 is 9.47 Å². The lowest BCUT2D eigenvalue weighted by Gasteiger charge is -2.35. The van der Waals surface area contributed by atoms with Gasteiger partial charge in [-0.3, -0.25) is 0 Å². The first-order chi connectivity index (χ1) is 8.74. The van der Waals surface area contributed by atoms with Gasteiger partial charge in [-0.2, -0.15) is 0 Å². The summed E-state index contributed by atoms with van der Waals surface area (Å²) in [6, 6.07) is 8.28. The van der Waals surface area contributed by atoms with E-state index in [0.29, 0.717) is 6.61 Å². The number of halogens is 2. The fraction of sp³-hybridized carbons (Fsp3) is 0.571. The lowest BCUT2D eigenvalue weighted by molar-refractivity contribution is -0.0311. The molecule has 0 N–H and O–H groups in total. The quantitative estimate of drug-likeness (QED) is 0.717. The van der Waals surface area contributed by atoms with E-state index in [2.05, 4.69) is 44.0 Å². The molecule has 1 saturated heterocycles. The van der Waals surface area contributed by atoms with Crippen molar-refractivity contribution in [1.29, 1.82) is 0 Å². The molecule has 2 rings (SSSR count). The van der Waals surface area contributed by atoms with Crippen LogP contribution in [0.1, 0.15) is 18.4 Å². The van der Waals surface area contributed by atoms with E-state index < -0.39 is 0 Å². The third-order valence-electron chi connectivity index (χ3n) is 3.43. The smallest absolute Gasteiger partial charge is 0.0717 e. The minimum absolute atomic E-state index is 0.258. The molecule has 0 spiro atoms. The molecule has 0 bridgehead atoms. The molecule has 1 heterocycles. The first kappa shape index (κ1) is 14.5. The van der Waals surface area contributed by atoms with Gasteiger partial charge in [-0.15, -0.1) is 0 Å². The molecule has 1 fully saturated rings. The van der Waals surface area contributed by atoms with E-state index in [-0.39, 0.29) is 5.41 Å². The maximum Gasteiger partial charge on any atom is 0.0717 e. The summed E-state index contributed by atoms with van der Waals surface area (Å²) in [6.07, 6.45) is 2.16. The Bertz CT molecular complexity index is 359. The molecule has 18 heavy (non-hydrogen) atoms. The van der Waals surface area contributed by atoms with Crippen molar-refractivity contribution >= 4 is 31.9 Å². The highest BCUT2D eigenvalue weighted by Gasteiger charge is 2.31. The lowest BCUT2D eigenvalue weighted by Crippen LogP contribution is -2.35. The van der Waals surface area contributed by atoms with Crippen LogP contribution in [0.15, 0.2) is 28.7 Å². The average molecular weight is 378 g/mol. The first-order valence-electron chi connectivity index (χ1n) is 6.20. The monoisotopic (exact) mass is 376 g/mol. The van der Waals surface area contributed by atoms with E-state index in [1.165, 1.54) is 5.56 Å². The van der Waals surface area contributed by atoms with E-state index in [4.69, 9.17) is 9.47 Å². The van der Waals surface area contributed by atoms with Gasteiger partial charge in [-0.05, 0) is 30.5 Å². The molecule has 1 aromatic carbocycles. The van der Waals surface area contributed by atoms with Crippen LogP contribution in [0.25, 0.3) is 0 Å². The number of rotatable bonds is 5. The molecule has 0 unspecified atom stereocenters. The first-order valence-corrected chi connectivity index (χ1v) is 8.11. The van der Waals surface area contributed by atoms with Crippen LogP contribution in [0.3, 0.4) is 0 Å². The van der Waals surface area contributed by atoms with E-state index >= 15 is 0 Å². The normalized spacial score (nSPS) is 18.8. The largest absolute Gasteiger partial charge is 0.381 e. The molecular formula is C14H18Br2O2. The summed E-state index contributed by atoms with van der Waals surface area (Å²) in [5.74, 6) is 0. The van der Waals surface area contributed by atoms with Gasteiger partial charge in [0.25, 0.3) is 0 Å². The van der Waals surface area contributed by atoms with E-state index in [1.807, 2.05) is 12.1 Å². The van der Waals surface area contributed by atoms with Gasteiger partial charge < -0.3 is 9.47 Å². The molecule has 0 saturated carbocycles. The van der Waals surface area contributed by atoms with Crippen LogP contribution in [-0.2, 0) is 16.1 Å². The highest BCUT2D eigenvalue weighted by Crippen LogP contribution is 2.33. The predicted octanol–water partition coefficient (Wildman–Crippen LogP) is 4.16. The molecule has 1 aliphatic heterocycles. The van der Waals surface area contributed by atoms with Crippen LogP contribution in [0, 0.1) is 5.41 Å². The zero-order valence-electron chi connectivity index (χ0n) is 10.3. The van der Waals surface area contributed by atoms with Crippen LogP contribution in [0.5, 0.6) is 0 Å². The maximum absolute atomic E-state index is 5.89. The summed E-state index contributed by atoms with van der Waals surface area (Å²) in [5.41, 5.74) is 1.48. The zero-order valence-corrected chi connectivity index (χ0v) is 13.5. The van der Waals surface area contributed by atoms with Crippen molar-refractivity contribution in [2.45, 2.75) is 19.4 Å². The van der Waals surface area contributed by atoms with E-state index in [1.54, 1.807) is 0 Å². The SMILES string of the molecule is BrCC1(COCc2ccc(Br)cc2)CCOCC1. The van der Waals surface area contributed by atoms with Crippen LogP contribution < -0.4 is 0 Å². The van der Waals surface area contributed by atoms with Gasteiger partial charge in [0.1, 0.15) is 0 Å². The molecule has 0 aliphatic carbocycles. The summed E-state index contributed by atoms with van der Waals surface area (Å²) in [7, 11) is 0. The van der Waals surface area contributed by atoms with Gasteiger partial charge in [0.05, 0.1) is 13.2 Å². The number of ether oxygens (including phenoxy) is 2. The number of benzene rings is 1. The number of hydrogen-bond donors (Lipinski definition) is 0. The Labute approximate surface area is 125 Å². The van der Waals surface area contributed by atoms with Crippen LogP contribution >= 0.6 is 31.9 Å². The zero-order chi connectivity index (χ0) is 12.8. The third-order valence-corrected chi connectivity index (χ3v) is 5.15. The Kier molecular flexibility index (Phi) is 5.67. The van der Waals surface area contributed by atoms with Crippen molar-refractivity contribution in [3.05, 3.63) is 34.3 Å². The minimum Gasteiger partial charge on any atom is -0.381 e. The highest BCUT2D eigenvalue weighted by atomic mass is 79.9. The molecule has 4 heteroatoms. The Balaban J connectivity index is 1.81. The fourth-order valence-electron chi connectivity index (χ4n) is 2.09. The lowest BCUT2D eigenvalue weighted by atomic mass is 9.83. The molecular weight excluding hydrogens is 360 g/mol. The Morgan fingerprint density at radius 2 is 1.83 bits per heavy atom. The molecule has 2 nitrogen and oxygen atoms in total. The minimum atomic E-state index is 0.258. The average Bonchev–Trinajstić information content (AvgIpc) is 2.42. The highest BCUT2D eigenvalue weighted by molar-refractivity contribution is 9.10. The fourth-order valence-corrected chi connectivity index (χ4v) is 3.07. The van der Waals surface area contributed by atoms with Crippen molar-refractivity contribution in [2.24, 2.45) is 5.41 Å². The predicted molar refractivity (Wildman–Crippen MR) is 80.1 cm³/mol. The molecule has 0 atom stereocenters. The van der Waals surface area contributed by atoms with Crippen molar-refractivity contribution in [3.63, 3.8) is 0 Å². The van der Waals surface area contributed by atoms with Gasteiger partial charge in [0, 0.05) is 28.4 Å². The second-order valence-electron chi connectivity index (χ2n) is 4.87.